The van der Waals surface area contributed by atoms with Crippen LogP contribution in [0.3, 0.4) is 0 Å². The molecule has 0 bridgehead atoms. The van der Waals surface area contributed by atoms with Crippen LogP contribution in [0.15, 0.2) is 48.5 Å². The number of carbonyl (C=O) groups is 1. The van der Waals surface area contributed by atoms with Crippen molar-refractivity contribution in [2.24, 2.45) is 0 Å². The van der Waals surface area contributed by atoms with E-state index in [1.165, 1.54) is 12.1 Å². The minimum atomic E-state index is -4.70. The Bertz CT molecular complexity index is 879. The van der Waals surface area contributed by atoms with E-state index >= 15 is 0 Å². The molecule has 0 radical (unpaired) electrons. The van der Waals surface area contributed by atoms with Crippen LogP contribution in [-0.4, -0.2) is 24.7 Å². The normalized spacial score (nSPS) is 13.1. The Morgan fingerprint density at radius 3 is 2.43 bits per heavy atom. The first-order valence-corrected chi connectivity index (χ1v) is 9.52. The predicted octanol–water partition coefficient (Wildman–Crippen LogP) is 4.71. The molecule has 1 N–H and O–H groups in total. The van der Waals surface area contributed by atoms with Gasteiger partial charge < -0.3 is 14.8 Å². The molecule has 30 heavy (non-hydrogen) atoms. The lowest BCUT2D eigenvalue weighted by Crippen LogP contribution is -2.42. The lowest BCUT2D eigenvalue weighted by atomic mass is 10.1. The number of rotatable bonds is 9. The third-order valence-corrected chi connectivity index (χ3v) is 4.18. The van der Waals surface area contributed by atoms with Crippen LogP contribution in [-0.2, 0) is 11.0 Å². The molecule has 0 aliphatic heterocycles. The first-order valence-electron chi connectivity index (χ1n) is 9.52. The lowest BCUT2D eigenvalue weighted by Gasteiger charge is -2.21. The van der Waals surface area contributed by atoms with E-state index in [0.29, 0.717) is 18.6 Å². The molecule has 2 aromatic carbocycles. The van der Waals surface area contributed by atoms with Gasteiger partial charge in [0.25, 0.3) is 5.91 Å². The van der Waals surface area contributed by atoms with Crippen molar-refractivity contribution in [2.75, 3.05) is 6.54 Å². The number of hydrogen-bond acceptors (Lipinski definition) is 4. The summed E-state index contributed by atoms with van der Waals surface area (Å²) in [6.07, 6.45) is -5.06. The van der Waals surface area contributed by atoms with E-state index in [2.05, 4.69) is 5.32 Å². The molecule has 2 unspecified atom stereocenters. The van der Waals surface area contributed by atoms with Crippen LogP contribution in [0, 0.1) is 11.3 Å². The molecule has 0 spiro atoms. The number of hydrogen-bond donors (Lipinski definition) is 1. The number of nitrogens with zero attached hydrogens (tertiary/aromatic N) is 1. The summed E-state index contributed by atoms with van der Waals surface area (Å²) in [7, 11) is 0. The SMILES string of the molecule is CCCC(Oc1ccc(C#N)c(C(F)(F)F)c1)C(=O)NCC(C)Oc1ccccc1. The number of ether oxygens (including phenoxy) is 2. The topological polar surface area (TPSA) is 71.3 Å². The van der Waals surface area contributed by atoms with Crippen molar-refractivity contribution in [1.82, 2.24) is 5.32 Å². The maximum absolute atomic E-state index is 13.1. The van der Waals surface area contributed by atoms with Gasteiger partial charge in [0.2, 0.25) is 0 Å². The van der Waals surface area contributed by atoms with Gasteiger partial charge in [0.1, 0.15) is 17.6 Å². The van der Waals surface area contributed by atoms with Crippen molar-refractivity contribution in [3.63, 3.8) is 0 Å². The summed E-state index contributed by atoms with van der Waals surface area (Å²) in [5.74, 6) is 0.0969. The number of benzene rings is 2. The van der Waals surface area contributed by atoms with Crippen LogP contribution in [0.5, 0.6) is 11.5 Å². The zero-order valence-corrected chi connectivity index (χ0v) is 16.7. The Morgan fingerprint density at radius 1 is 1.13 bits per heavy atom. The quantitative estimate of drug-likeness (QED) is 0.638. The van der Waals surface area contributed by atoms with Gasteiger partial charge in [-0.2, -0.15) is 18.4 Å². The zero-order chi connectivity index (χ0) is 22.1. The van der Waals surface area contributed by atoms with Crippen molar-refractivity contribution >= 4 is 5.91 Å². The lowest BCUT2D eigenvalue weighted by molar-refractivity contribution is -0.137. The van der Waals surface area contributed by atoms with E-state index in [1.807, 2.05) is 25.1 Å². The first-order chi connectivity index (χ1) is 14.2. The number of para-hydroxylation sites is 1. The zero-order valence-electron chi connectivity index (χ0n) is 16.7. The molecule has 0 aliphatic rings. The van der Waals surface area contributed by atoms with E-state index in [1.54, 1.807) is 19.1 Å². The minimum absolute atomic E-state index is 0.122. The van der Waals surface area contributed by atoms with Crippen molar-refractivity contribution in [2.45, 2.75) is 45.1 Å². The van der Waals surface area contributed by atoms with Crippen LogP contribution in [0.4, 0.5) is 13.2 Å². The molecule has 2 aromatic rings. The second-order valence-electron chi connectivity index (χ2n) is 6.70. The highest BCUT2D eigenvalue weighted by molar-refractivity contribution is 5.81. The number of amides is 1. The second kappa shape index (κ2) is 10.5. The highest BCUT2D eigenvalue weighted by Crippen LogP contribution is 2.34. The predicted molar refractivity (Wildman–Crippen MR) is 105 cm³/mol. The monoisotopic (exact) mass is 420 g/mol. The highest BCUT2D eigenvalue weighted by atomic mass is 19.4. The summed E-state index contributed by atoms with van der Waals surface area (Å²) in [4.78, 5) is 12.5. The molecule has 160 valence electrons. The fraction of sp³-hybridized carbons (Fsp3) is 0.364. The molecular formula is C22H23F3N2O3. The van der Waals surface area contributed by atoms with E-state index in [0.717, 1.165) is 12.1 Å². The molecule has 0 saturated heterocycles. The van der Waals surface area contributed by atoms with E-state index in [-0.39, 0.29) is 18.4 Å². The van der Waals surface area contributed by atoms with Crippen LogP contribution < -0.4 is 14.8 Å². The summed E-state index contributed by atoms with van der Waals surface area (Å²) in [5, 5.41) is 11.6. The third kappa shape index (κ3) is 6.69. The maximum atomic E-state index is 13.1. The van der Waals surface area contributed by atoms with Crippen LogP contribution >= 0.6 is 0 Å². The summed E-state index contributed by atoms with van der Waals surface area (Å²) in [6, 6.07) is 13.7. The van der Waals surface area contributed by atoms with Crippen molar-refractivity contribution < 1.29 is 27.4 Å². The molecule has 0 aromatic heterocycles. The Labute approximate surface area is 173 Å². The van der Waals surface area contributed by atoms with Gasteiger partial charge in [0, 0.05) is 0 Å². The number of nitrogens with one attached hydrogen (secondary N) is 1. The van der Waals surface area contributed by atoms with Crippen molar-refractivity contribution in [3.05, 3.63) is 59.7 Å². The molecule has 0 heterocycles. The first kappa shape index (κ1) is 23.1. The molecule has 2 atom stereocenters. The van der Waals surface area contributed by atoms with Gasteiger partial charge in [-0.1, -0.05) is 31.5 Å². The molecule has 0 saturated carbocycles. The highest BCUT2D eigenvalue weighted by Gasteiger charge is 2.34. The average molecular weight is 420 g/mol. The summed E-state index contributed by atoms with van der Waals surface area (Å²) in [5.41, 5.74) is -1.60. The summed E-state index contributed by atoms with van der Waals surface area (Å²) in [6.45, 7) is 3.84. The molecular weight excluding hydrogens is 397 g/mol. The molecule has 5 nitrogen and oxygen atoms in total. The molecule has 1 amide bonds. The average Bonchev–Trinajstić information content (AvgIpc) is 2.71. The van der Waals surface area contributed by atoms with Crippen LogP contribution in [0.25, 0.3) is 0 Å². The fourth-order valence-electron chi connectivity index (χ4n) is 2.73. The number of alkyl halides is 3. The smallest absolute Gasteiger partial charge is 0.417 e. The molecule has 2 rings (SSSR count). The third-order valence-electron chi connectivity index (χ3n) is 4.18. The Kier molecular flexibility index (Phi) is 8.10. The Morgan fingerprint density at radius 2 is 1.83 bits per heavy atom. The van der Waals surface area contributed by atoms with Gasteiger partial charge in [0.05, 0.1) is 23.7 Å². The second-order valence-corrected chi connectivity index (χ2v) is 6.70. The number of nitriles is 1. The van der Waals surface area contributed by atoms with Gasteiger partial charge in [-0.25, -0.2) is 0 Å². The minimum Gasteiger partial charge on any atom is -0.489 e. The summed E-state index contributed by atoms with van der Waals surface area (Å²) >= 11 is 0. The van der Waals surface area contributed by atoms with Gasteiger partial charge in [-0.3, -0.25) is 4.79 Å². The largest absolute Gasteiger partial charge is 0.489 e. The van der Waals surface area contributed by atoms with Gasteiger partial charge >= 0.3 is 6.18 Å². The number of halogens is 3. The standard InChI is InChI=1S/C22H23F3N2O3/c1-3-7-20(21(28)27-14-15(2)29-17-8-5-4-6-9-17)30-18-11-10-16(13-26)19(12-18)22(23,24)25/h4-6,8-12,15,20H,3,7,14H2,1-2H3,(H,27,28). The van der Waals surface area contributed by atoms with E-state index in [9.17, 15) is 18.0 Å². The van der Waals surface area contributed by atoms with Gasteiger partial charge in [0.15, 0.2) is 6.10 Å². The summed E-state index contributed by atoms with van der Waals surface area (Å²) < 4.78 is 50.7. The fourth-order valence-corrected chi connectivity index (χ4v) is 2.73. The van der Waals surface area contributed by atoms with E-state index in [4.69, 9.17) is 14.7 Å². The molecule has 0 fully saturated rings. The van der Waals surface area contributed by atoms with Gasteiger partial charge in [-0.05, 0) is 43.7 Å². The van der Waals surface area contributed by atoms with Gasteiger partial charge in [-0.15, -0.1) is 0 Å². The van der Waals surface area contributed by atoms with Crippen molar-refractivity contribution in [1.29, 1.82) is 5.26 Å². The van der Waals surface area contributed by atoms with Crippen LogP contribution in [0.1, 0.15) is 37.8 Å². The Hall–Kier alpha value is -3.21. The van der Waals surface area contributed by atoms with Crippen LogP contribution in [0.2, 0.25) is 0 Å². The Balaban J connectivity index is 2.03. The molecule has 8 heteroatoms. The molecule has 0 aliphatic carbocycles. The maximum Gasteiger partial charge on any atom is 0.417 e. The van der Waals surface area contributed by atoms with E-state index < -0.39 is 29.3 Å². The number of carbonyl (C=O) groups excluding carboxylic acids is 1. The van der Waals surface area contributed by atoms with Crippen molar-refractivity contribution in [3.8, 4) is 17.6 Å².